The number of hydrogen-bond acceptors (Lipinski definition) is 2. The molecule has 0 unspecified atom stereocenters. The Bertz CT molecular complexity index is 3170. The van der Waals surface area contributed by atoms with Crippen molar-refractivity contribution < 1.29 is 0 Å². The van der Waals surface area contributed by atoms with E-state index in [4.69, 9.17) is 9.97 Å². The summed E-state index contributed by atoms with van der Waals surface area (Å²) in [5.74, 6) is 0.709. The van der Waals surface area contributed by atoms with Crippen LogP contribution in [0.25, 0.3) is 99.9 Å². The van der Waals surface area contributed by atoms with Gasteiger partial charge >= 0.3 is 0 Å². The number of fused-ring (bicyclic) bond motifs is 7. The maximum atomic E-state index is 5.12. The molecular formula is C52H34N4. The highest BCUT2D eigenvalue weighted by molar-refractivity contribution is 6.25. The van der Waals surface area contributed by atoms with Crippen molar-refractivity contribution in [1.29, 1.82) is 0 Å². The molecule has 0 spiro atoms. The highest BCUT2D eigenvalue weighted by Crippen LogP contribution is 2.41. The number of benzene rings is 8. The molecule has 3 heterocycles. The van der Waals surface area contributed by atoms with Crippen LogP contribution in [0.3, 0.4) is 0 Å². The van der Waals surface area contributed by atoms with Crippen molar-refractivity contribution >= 4 is 43.5 Å². The summed E-state index contributed by atoms with van der Waals surface area (Å²) in [5.41, 5.74) is 13.0. The summed E-state index contributed by atoms with van der Waals surface area (Å²) in [6.07, 6.45) is 2.20. The molecule has 4 nitrogen and oxygen atoms in total. The molecular weight excluding hydrogens is 681 g/mol. The largest absolute Gasteiger partial charge is 0.317 e. The standard InChI is InChI=1S/C52H34N4/c1-4-14-35(15-5-1)46-34-47(54-52(53-46)37-16-6-2-7-17-37)40-20-12-18-38(32-40)39-19-13-23-42(33-39)56-49-25-11-10-24-43(49)44-28-26-36-27-29-48-45(50(36)51(44)56)30-31-55(48)41-21-8-3-9-22-41/h1-34H. The average molecular weight is 715 g/mol. The summed E-state index contributed by atoms with van der Waals surface area (Å²) in [6.45, 7) is 0. The van der Waals surface area contributed by atoms with E-state index >= 15 is 0 Å². The third-order valence-corrected chi connectivity index (χ3v) is 10.9. The maximum Gasteiger partial charge on any atom is 0.160 e. The summed E-state index contributed by atoms with van der Waals surface area (Å²) < 4.78 is 4.75. The first-order valence-electron chi connectivity index (χ1n) is 19.0. The summed E-state index contributed by atoms with van der Waals surface area (Å²) in [5, 5.41) is 6.19. The van der Waals surface area contributed by atoms with E-state index in [1.807, 2.05) is 24.3 Å². The lowest BCUT2D eigenvalue weighted by atomic mass is 10.00. The van der Waals surface area contributed by atoms with Gasteiger partial charge in [0.15, 0.2) is 5.82 Å². The Morgan fingerprint density at radius 3 is 1.77 bits per heavy atom. The molecule has 0 radical (unpaired) electrons. The SMILES string of the molecule is c1ccc(-c2cc(-c3cccc(-c4cccc(-n5c6ccccc6c6ccc7ccc8c(ccn8-c8ccccc8)c7c65)c4)c3)nc(-c3ccccc3)n2)cc1. The minimum atomic E-state index is 0.709. The van der Waals surface area contributed by atoms with Gasteiger partial charge in [0, 0.05) is 55.8 Å². The molecule has 4 heteroatoms. The molecule has 11 rings (SSSR count). The Labute approximate surface area is 324 Å². The van der Waals surface area contributed by atoms with Crippen molar-refractivity contribution in [2.45, 2.75) is 0 Å². The zero-order valence-corrected chi connectivity index (χ0v) is 30.4. The van der Waals surface area contributed by atoms with Crippen LogP contribution in [0.5, 0.6) is 0 Å². The molecule has 11 aromatic rings. The van der Waals surface area contributed by atoms with E-state index in [1.54, 1.807) is 0 Å². The van der Waals surface area contributed by atoms with Gasteiger partial charge < -0.3 is 9.13 Å². The smallest absolute Gasteiger partial charge is 0.160 e. The number of nitrogens with zero attached hydrogens (tertiary/aromatic N) is 4. The van der Waals surface area contributed by atoms with Crippen molar-refractivity contribution in [3.8, 4) is 56.4 Å². The van der Waals surface area contributed by atoms with E-state index in [0.717, 1.165) is 50.6 Å². The normalized spacial score (nSPS) is 11.6. The molecule has 3 aromatic heterocycles. The van der Waals surface area contributed by atoms with Gasteiger partial charge in [0.25, 0.3) is 0 Å². The van der Waals surface area contributed by atoms with Gasteiger partial charge in [-0.15, -0.1) is 0 Å². The van der Waals surface area contributed by atoms with Gasteiger partial charge in [0.1, 0.15) is 0 Å². The second-order valence-corrected chi connectivity index (χ2v) is 14.3. The van der Waals surface area contributed by atoms with E-state index in [0.29, 0.717) is 5.82 Å². The Balaban J connectivity index is 1.08. The Hall–Kier alpha value is -7.56. The molecule has 0 N–H and O–H groups in total. The van der Waals surface area contributed by atoms with E-state index in [-0.39, 0.29) is 0 Å². The summed E-state index contributed by atoms with van der Waals surface area (Å²) >= 11 is 0. The van der Waals surface area contributed by atoms with Crippen LogP contribution in [0.2, 0.25) is 0 Å². The molecule has 8 aromatic carbocycles. The molecule has 0 amide bonds. The molecule has 0 aliphatic carbocycles. The Morgan fingerprint density at radius 2 is 0.964 bits per heavy atom. The zero-order chi connectivity index (χ0) is 37.0. The lowest BCUT2D eigenvalue weighted by molar-refractivity contribution is 1.13. The van der Waals surface area contributed by atoms with E-state index in [1.165, 1.54) is 43.5 Å². The molecule has 0 aliphatic rings. The van der Waals surface area contributed by atoms with Crippen molar-refractivity contribution in [2.75, 3.05) is 0 Å². The van der Waals surface area contributed by atoms with Crippen LogP contribution in [0, 0.1) is 0 Å². The van der Waals surface area contributed by atoms with E-state index in [2.05, 4.69) is 191 Å². The number of aromatic nitrogens is 4. The number of rotatable bonds is 6. The molecule has 262 valence electrons. The average Bonchev–Trinajstić information content (AvgIpc) is 3.87. The van der Waals surface area contributed by atoms with Crippen LogP contribution in [0.15, 0.2) is 206 Å². The first-order valence-corrected chi connectivity index (χ1v) is 19.0. The predicted octanol–water partition coefficient (Wildman–Crippen LogP) is 13.3. The lowest BCUT2D eigenvalue weighted by Gasteiger charge is -2.14. The van der Waals surface area contributed by atoms with Crippen LogP contribution >= 0.6 is 0 Å². The Morgan fingerprint density at radius 1 is 0.357 bits per heavy atom. The molecule has 0 saturated heterocycles. The minimum Gasteiger partial charge on any atom is -0.317 e. The summed E-state index contributed by atoms with van der Waals surface area (Å²) in [6, 6.07) is 71.0. The van der Waals surface area contributed by atoms with Crippen LogP contribution in [-0.2, 0) is 0 Å². The van der Waals surface area contributed by atoms with Gasteiger partial charge in [-0.25, -0.2) is 9.97 Å². The highest BCUT2D eigenvalue weighted by atomic mass is 15.0. The van der Waals surface area contributed by atoms with Gasteiger partial charge in [-0.2, -0.15) is 0 Å². The van der Waals surface area contributed by atoms with Gasteiger partial charge in [-0.3, -0.25) is 0 Å². The van der Waals surface area contributed by atoms with Crippen LogP contribution < -0.4 is 0 Å². The van der Waals surface area contributed by atoms with Crippen molar-refractivity contribution in [1.82, 2.24) is 19.1 Å². The predicted molar refractivity (Wildman–Crippen MR) is 232 cm³/mol. The van der Waals surface area contributed by atoms with Crippen molar-refractivity contribution in [3.05, 3.63) is 206 Å². The second kappa shape index (κ2) is 13.1. The minimum absolute atomic E-state index is 0.709. The molecule has 0 saturated carbocycles. The Kier molecular flexibility index (Phi) is 7.46. The third-order valence-electron chi connectivity index (χ3n) is 10.9. The fourth-order valence-electron chi connectivity index (χ4n) is 8.32. The highest BCUT2D eigenvalue weighted by Gasteiger charge is 2.19. The molecule has 0 atom stereocenters. The van der Waals surface area contributed by atoms with E-state index < -0.39 is 0 Å². The quantitative estimate of drug-likeness (QED) is 0.172. The maximum absolute atomic E-state index is 5.12. The third kappa shape index (κ3) is 5.31. The van der Waals surface area contributed by atoms with E-state index in [9.17, 15) is 0 Å². The summed E-state index contributed by atoms with van der Waals surface area (Å²) in [4.78, 5) is 10.1. The molecule has 56 heavy (non-hydrogen) atoms. The van der Waals surface area contributed by atoms with Crippen LogP contribution in [0.1, 0.15) is 0 Å². The van der Waals surface area contributed by atoms with Gasteiger partial charge in [-0.1, -0.05) is 146 Å². The van der Waals surface area contributed by atoms with Gasteiger partial charge in [0.05, 0.1) is 27.9 Å². The molecule has 0 aliphatic heterocycles. The number of para-hydroxylation sites is 2. The molecule has 0 bridgehead atoms. The van der Waals surface area contributed by atoms with Crippen LogP contribution in [-0.4, -0.2) is 19.1 Å². The topological polar surface area (TPSA) is 35.6 Å². The van der Waals surface area contributed by atoms with Crippen molar-refractivity contribution in [3.63, 3.8) is 0 Å². The first kappa shape index (κ1) is 31.9. The van der Waals surface area contributed by atoms with Crippen molar-refractivity contribution in [2.24, 2.45) is 0 Å². The van der Waals surface area contributed by atoms with Gasteiger partial charge in [0.2, 0.25) is 0 Å². The second-order valence-electron chi connectivity index (χ2n) is 14.3. The zero-order valence-electron chi connectivity index (χ0n) is 30.4. The fraction of sp³-hybridized carbons (Fsp3) is 0. The van der Waals surface area contributed by atoms with Gasteiger partial charge in [-0.05, 0) is 71.1 Å². The lowest BCUT2D eigenvalue weighted by Crippen LogP contribution is -1.96. The molecule has 0 fully saturated rings. The van der Waals surface area contributed by atoms with Crippen LogP contribution in [0.4, 0.5) is 0 Å². The number of hydrogen-bond donors (Lipinski definition) is 0. The first-order chi connectivity index (χ1) is 27.8. The fourth-order valence-corrected chi connectivity index (χ4v) is 8.32. The summed E-state index contributed by atoms with van der Waals surface area (Å²) in [7, 11) is 0. The monoisotopic (exact) mass is 714 g/mol.